The van der Waals surface area contributed by atoms with Crippen molar-refractivity contribution in [2.24, 2.45) is 0 Å². The second-order valence-corrected chi connectivity index (χ2v) is 15.8. The van der Waals surface area contributed by atoms with Gasteiger partial charge >= 0.3 is 5.97 Å². The molecule has 2 unspecified atom stereocenters. The van der Waals surface area contributed by atoms with Gasteiger partial charge in [0.15, 0.2) is 5.60 Å². The maximum atomic E-state index is 13.9. The molecule has 0 amide bonds. The van der Waals surface area contributed by atoms with Gasteiger partial charge in [0.25, 0.3) is 0 Å². The molecule has 3 heterocycles. The molecule has 8 heteroatoms. The molecular weight excluding hydrogens is 725 g/mol. The van der Waals surface area contributed by atoms with Crippen LogP contribution in [0.5, 0.6) is 23.0 Å². The summed E-state index contributed by atoms with van der Waals surface area (Å²) in [6.07, 6.45) is 9.34. The lowest BCUT2D eigenvalue weighted by atomic mass is 9.72. The maximum absolute atomic E-state index is 13.9. The number of anilines is 2. The minimum absolute atomic E-state index is 0.357. The van der Waals surface area contributed by atoms with E-state index in [1.54, 1.807) is 24.3 Å². The van der Waals surface area contributed by atoms with Crippen LogP contribution in [0.2, 0.25) is 0 Å². The Bertz CT molecular complexity index is 2320. The fourth-order valence-electron chi connectivity index (χ4n) is 8.96. The molecule has 2 atom stereocenters. The number of aldehydes is 1. The van der Waals surface area contributed by atoms with Gasteiger partial charge < -0.3 is 29.1 Å². The molecule has 5 aromatic carbocycles. The molecule has 0 fully saturated rings. The van der Waals surface area contributed by atoms with E-state index < -0.39 is 17.2 Å². The second-order valence-electron chi connectivity index (χ2n) is 15.8. The Balaban J connectivity index is 1.35. The summed E-state index contributed by atoms with van der Waals surface area (Å²) >= 11 is 0. The van der Waals surface area contributed by atoms with Crippen molar-refractivity contribution >= 4 is 23.6 Å². The summed E-state index contributed by atoms with van der Waals surface area (Å²) in [6, 6.07) is 30.5. The average Bonchev–Trinajstić information content (AvgIpc) is 3.55. The highest BCUT2D eigenvalue weighted by molar-refractivity contribution is 5.97. The van der Waals surface area contributed by atoms with Crippen molar-refractivity contribution < 1.29 is 28.9 Å². The molecule has 8 rings (SSSR count). The van der Waals surface area contributed by atoms with Crippen LogP contribution in [0.1, 0.15) is 133 Å². The van der Waals surface area contributed by atoms with Gasteiger partial charge in [0.2, 0.25) is 0 Å². The Morgan fingerprint density at radius 3 is 1.64 bits per heavy atom. The number of carbonyl (C=O) groups excluding carboxylic acids is 2. The highest BCUT2D eigenvalue weighted by atomic mass is 16.6. The Morgan fingerprint density at radius 1 is 0.552 bits per heavy atom. The van der Waals surface area contributed by atoms with E-state index in [0.717, 1.165) is 95.2 Å². The van der Waals surface area contributed by atoms with E-state index in [0.29, 0.717) is 67.5 Å². The van der Waals surface area contributed by atoms with Crippen molar-refractivity contribution in [1.29, 1.82) is 0 Å². The van der Waals surface area contributed by atoms with Crippen molar-refractivity contribution in [3.63, 3.8) is 0 Å². The first-order valence-electron chi connectivity index (χ1n) is 21.3. The second kappa shape index (κ2) is 16.3. The summed E-state index contributed by atoms with van der Waals surface area (Å²) in [7, 11) is 0. The standard InChI is InChI=1S/C50H54N2O6/c1-5-9-25-51(26-10-6-2)35-21-23-40-44(29-35)56-46-32-47-43(31-42(46)49(40,55)38-19-15-13-17-34(38)33-53)50(39-20-16-14-18-37(39)48(54)58-50)41-24-22-36(30-45(41)57-47)52(27-11-7-3)28-12-8-4/h13-24,29-33,55H,5-12,25-28H2,1-4H3. The van der Waals surface area contributed by atoms with Crippen LogP contribution in [0.3, 0.4) is 0 Å². The summed E-state index contributed by atoms with van der Waals surface area (Å²) in [4.78, 5) is 31.4. The molecule has 0 saturated carbocycles. The molecule has 8 nitrogen and oxygen atoms in total. The number of fused-ring (bicyclic) bond motifs is 8. The summed E-state index contributed by atoms with van der Waals surface area (Å²) in [6.45, 7) is 12.5. The normalized spacial score (nSPS) is 18.2. The summed E-state index contributed by atoms with van der Waals surface area (Å²) in [5, 5.41) is 13.5. The number of hydrogen-bond acceptors (Lipinski definition) is 8. The lowest BCUT2D eigenvalue weighted by Gasteiger charge is -2.41. The van der Waals surface area contributed by atoms with E-state index in [2.05, 4.69) is 49.6 Å². The topological polar surface area (TPSA) is 88.5 Å². The minimum atomic E-state index is -1.82. The third-order valence-electron chi connectivity index (χ3n) is 12.1. The van der Waals surface area contributed by atoms with Gasteiger partial charge in [-0.15, -0.1) is 0 Å². The fraction of sp³-hybridized carbons (Fsp3) is 0.360. The van der Waals surface area contributed by atoms with Gasteiger partial charge in [-0.2, -0.15) is 0 Å². The van der Waals surface area contributed by atoms with Gasteiger partial charge in [-0.1, -0.05) is 95.8 Å². The number of carbonyl (C=O) groups is 2. The lowest BCUT2D eigenvalue weighted by molar-refractivity contribution is 0.0222. The third kappa shape index (κ3) is 6.51. The number of benzene rings is 5. The molecule has 1 N–H and O–H groups in total. The average molecular weight is 779 g/mol. The fourth-order valence-corrected chi connectivity index (χ4v) is 8.96. The number of ether oxygens (including phenoxy) is 3. The quantitative estimate of drug-likeness (QED) is 0.0782. The van der Waals surface area contributed by atoms with Crippen LogP contribution < -0.4 is 19.3 Å². The van der Waals surface area contributed by atoms with Crippen LogP contribution in [-0.4, -0.2) is 43.5 Å². The predicted octanol–water partition coefficient (Wildman–Crippen LogP) is 11.3. The number of aliphatic hydroxyl groups is 1. The smallest absolute Gasteiger partial charge is 0.340 e. The largest absolute Gasteiger partial charge is 0.456 e. The van der Waals surface area contributed by atoms with Crippen molar-refractivity contribution in [1.82, 2.24) is 0 Å². The molecule has 300 valence electrons. The first kappa shape index (κ1) is 39.2. The molecule has 0 aliphatic carbocycles. The predicted molar refractivity (Wildman–Crippen MR) is 229 cm³/mol. The van der Waals surface area contributed by atoms with Crippen LogP contribution in [0.4, 0.5) is 11.4 Å². The SMILES string of the molecule is CCCCN(CCCC)c1ccc2c(c1)Oc1cc3c(cc1C2(O)c1ccccc1C=O)C1(OC(=O)c2ccccc21)c1ccc(N(CCCC)CCCC)cc1O3. The van der Waals surface area contributed by atoms with E-state index in [-0.39, 0.29) is 0 Å². The first-order chi connectivity index (χ1) is 28.3. The Hall–Kier alpha value is -5.60. The zero-order valence-corrected chi connectivity index (χ0v) is 34.2. The van der Waals surface area contributed by atoms with Crippen molar-refractivity contribution in [2.45, 2.75) is 90.3 Å². The molecule has 3 aliphatic heterocycles. The van der Waals surface area contributed by atoms with Crippen LogP contribution in [0, 0.1) is 0 Å². The number of unbranched alkanes of at least 4 members (excludes halogenated alkanes) is 4. The van der Waals surface area contributed by atoms with Crippen molar-refractivity contribution in [2.75, 3.05) is 36.0 Å². The van der Waals surface area contributed by atoms with Crippen LogP contribution in [-0.2, 0) is 15.9 Å². The molecule has 0 bridgehead atoms. The summed E-state index contributed by atoms with van der Waals surface area (Å²) < 4.78 is 20.3. The Morgan fingerprint density at radius 2 is 1.05 bits per heavy atom. The molecule has 1 spiro atoms. The van der Waals surface area contributed by atoms with E-state index in [1.165, 1.54) is 0 Å². The van der Waals surface area contributed by atoms with Crippen molar-refractivity contribution in [3.8, 4) is 23.0 Å². The Kier molecular flexibility index (Phi) is 11.1. The summed E-state index contributed by atoms with van der Waals surface area (Å²) in [5.74, 6) is 1.50. The number of rotatable bonds is 16. The first-order valence-corrected chi connectivity index (χ1v) is 21.3. The summed E-state index contributed by atoms with van der Waals surface area (Å²) in [5.41, 5.74) is 3.01. The highest BCUT2D eigenvalue weighted by Crippen LogP contribution is 2.60. The van der Waals surface area contributed by atoms with Gasteiger partial charge in [-0.3, -0.25) is 4.79 Å². The highest BCUT2D eigenvalue weighted by Gasteiger charge is 2.55. The van der Waals surface area contributed by atoms with Gasteiger partial charge in [-0.25, -0.2) is 4.79 Å². The minimum Gasteiger partial charge on any atom is -0.456 e. The van der Waals surface area contributed by atoms with Crippen LogP contribution >= 0.6 is 0 Å². The van der Waals surface area contributed by atoms with E-state index >= 15 is 0 Å². The number of esters is 1. The molecule has 3 aliphatic rings. The van der Waals surface area contributed by atoms with E-state index in [9.17, 15) is 14.7 Å². The van der Waals surface area contributed by atoms with Crippen LogP contribution in [0.15, 0.2) is 97.1 Å². The molecule has 5 aromatic rings. The van der Waals surface area contributed by atoms with Crippen LogP contribution in [0.25, 0.3) is 0 Å². The van der Waals surface area contributed by atoms with E-state index in [1.807, 2.05) is 60.7 Å². The van der Waals surface area contributed by atoms with Gasteiger partial charge in [0.1, 0.15) is 34.9 Å². The molecule has 58 heavy (non-hydrogen) atoms. The third-order valence-corrected chi connectivity index (χ3v) is 12.1. The number of nitrogens with zero attached hydrogens (tertiary/aromatic N) is 2. The maximum Gasteiger partial charge on any atom is 0.340 e. The van der Waals surface area contributed by atoms with Gasteiger partial charge in [0.05, 0.1) is 5.56 Å². The Labute approximate surface area is 342 Å². The van der Waals surface area contributed by atoms with Gasteiger partial charge in [0, 0.05) is 94.7 Å². The number of hydrogen-bond donors (Lipinski definition) is 1. The monoisotopic (exact) mass is 778 g/mol. The van der Waals surface area contributed by atoms with E-state index in [4.69, 9.17) is 14.2 Å². The molecule has 0 radical (unpaired) electrons. The molecule has 0 aromatic heterocycles. The van der Waals surface area contributed by atoms with Gasteiger partial charge in [-0.05, 0) is 62.1 Å². The molecular formula is C50H54N2O6. The van der Waals surface area contributed by atoms with Crippen molar-refractivity contribution in [3.05, 3.63) is 142 Å². The zero-order chi connectivity index (χ0) is 40.4. The lowest BCUT2D eigenvalue weighted by Crippen LogP contribution is -2.37. The zero-order valence-electron chi connectivity index (χ0n) is 34.2. The molecule has 0 saturated heterocycles.